The van der Waals surface area contributed by atoms with Crippen LogP contribution in [0, 0.1) is 6.92 Å². The summed E-state index contributed by atoms with van der Waals surface area (Å²) in [6, 6.07) is 14.9. The molecule has 9 nitrogen and oxygen atoms in total. The number of rotatable bonds is 10. The summed E-state index contributed by atoms with van der Waals surface area (Å²) in [6.07, 6.45) is 9.78. The number of carboxylic acid groups (broad SMARTS) is 1. The third kappa shape index (κ3) is 6.08. The fourth-order valence-corrected chi connectivity index (χ4v) is 6.32. The Morgan fingerprint density at radius 1 is 1.12 bits per heavy atom. The number of aryl methyl sites for hydroxylation is 1. The third-order valence-electron chi connectivity index (χ3n) is 7.70. The normalized spacial score (nSPS) is 14.6. The number of carboxylic acids is 1. The molecule has 3 heterocycles. The largest absolute Gasteiger partial charge is 0.482 e. The highest BCUT2D eigenvalue weighted by atomic mass is 32.1. The van der Waals surface area contributed by atoms with Crippen LogP contribution in [0.4, 0.5) is 0 Å². The van der Waals surface area contributed by atoms with Crippen molar-refractivity contribution in [2.75, 3.05) is 6.61 Å². The van der Waals surface area contributed by atoms with Crippen molar-refractivity contribution in [3.63, 3.8) is 0 Å². The van der Waals surface area contributed by atoms with Gasteiger partial charge in [0.15, 0.2) is 6.61 Å². The number of hydrogen-bond acceptors (Lipinski definition) is 7. The van der Waals surface area contributed by atoms with Gasteiger partial charge in [-0.25, -0.2) is 14.8 Å². The Morgan fingerprint density at radius 3 is 2.62 bits per heavy atom. The van der Waals surface area contributed by atoms with Crippen molar-refractivity contribution in [2.24, 2.45) is 0 Å². The van der Waals surface area contributed by atoms with Crippen molar-refractivity contribution in [3.8, 4) is 17.1 Å². The molecule has 0 aliphatic heterocycles. The second kappa shape index (κ2) is 12.2. The molecule has 1 aliphatic rings. The average molecular weight is 585 g/mol. The monoisotopic (exact) mass is 584 g/mol. The number of amides is 1. The summed E-state index contributed by atoms with van der Waals surface area (Å²) >= 11 is 1.54. The summed E-state index contributed by atoms with van der Waals surface area (Å²) in [5, 5.41) is 14.9. The molecule has 2 aromatic carbocycles. The Labute approximate surface area is 247 Å². The van der Waals surface area contributed by atoms with Gasteiger partial charge in [0.05, 0.1) is 39.6 Å². The molecule has 0 saturated heterocycles. The number of benzene rings is 2. The molecule has 5 aromatic rings. The van der Waals surface area contributed by atoms with Gasteiger partial charge in [-0.15, -0.1) is 11.3 Å². The predicted octanol–water partition coefficient (Wildman–Crippen LogP) is 6.74. The fraction of sp³-hybridized carbons (Fsp3) is 0.312. The van der Waals surface area contributed by atoms with E-state index >= 15 is 0 Å². The molecule has 1 saturated carbocycles. The van der Waals surface area contributed by atoms with E-state index in [1.165, 1.54) is 30.6 Å². The molecule has 42 heavy (non-hydrogen) atoms. The van der Waals surface area contributed by atoms with E-state index in [-0.39, 0.29) is 11.9 Å². The van der Waals surface area contributed by atoms with Crippen LogP contribution in [-0.2, 0) is 11.2 Å². The molecular weight excluding hydrogens is 552 g/mol. The van der Waals surface area contributed by atoms with Gasteiger partial charge in [0, 0.05) is 17.0 Å². The highest BCUT2D eigenvalue weighted by Crippen LogP contribution is 2.36. The van der Waals surface area contributed by atoms with Crippen molar-refractivity contribution in [2.45, 2.75) is 57.5 Å². The lowest BCUT2D eigenvalue weighted by Gasteiger charge is -2.25. The number of fused-ring (bicyclic) bond motifs is 1. The highest BCUT2D eigenvalue weighted by Gasteiger charge is 2.24. The number of imidazole rings is 1. The number of hydrogen-bond donors (Lipinski definition) is 2. The lowest BCUT2D eigenvalue weighted by atomic mass is 9.95. The summed E-state index contributed by atoms with van der Waals surface area (Å²) < 4.78 is 13.0. The molecule has 0 unspecified atom stereocenters. The molecule has 1 amide bonds. The molecular formula is C32H32N4O5S. The fourth-order valence-electron chi connectivity index (χ4n) is 5.66. The van der Waals surface area contributed by atoms with Crippen LogP contribution in [0.15, 0.2) is 70.9 Å². The minimum absolute atomic E-state index is 0.203. The summed E-state index contributed by atoms with van der Waals surface area (Å²) in [5.74, 6) is 0.111. The molecule has 6 rings (SSSR count). The molecule has 0 spiro atoms. The van der Waals surface area contributed by atoms with E-state index in [1.807, 2.05) is 48.7 Å². The number of aromatic nitrogens is 3. The van der Waals surface area contributed by atoms with Gasteiger partial charge >= 0.3 is 5.97 Å². The van der Waals surface area contributed by atoms with Crippen molar-refractivity contribution in [3.05, 3.63) is 88.3 Å². The Kier molecular flexibility index (Phi) is 8.05. The number of carbonyl (C=O) groups excluding carboxylic acids is 1. The molecule has 1 aliphatic carbocycles. The van der Waals surface area contributed by atoms with Gasteiger partial charge in [-0.05, 0) is 68.1 Å². The first-order valence-electron chi connectivity index (χ1n) is 14.2. The maximum absolute atomic E-state index is 13.6. The first kappa shape index (κ1) is 27.7. The van der Waals surface area contributed by atoms with E-state index in [0.29, 0.717) is 23.8 Å². The van der Waals surface area contributed by atoms with Crippen molar-refractivity contribution < 1.29 is 23.8 Å². The van der Waals surface area contributed by atoms with Crippen LogP contribution < -0.4 is 10.1 Å². The Balaban J connectivity index is 1.26. The number of nitrogens with one attached hydrogen (secondary N) is 1. The SMILES string of the molecule is Cc1nc([C@H](Cc2ccc(OCC(=O)O)cc2)NC(=O)c2ccc3c(c2)nc(-c2ccoc2)n3C2CCCCC2)cs1. The van der Waals surface area contributed by atoms with Gasteiger partial charge in [-0.3, -0.25) is 4.79 Å². The second-order valence-corrected chi connectivity index (χ2v) is 11.7. The zero-order chi connectivity index (χ0) is 29.1. The van der Waals surface area contributed by atoms with E-state index in [1.54, 1.807) is 24.7 Å². The molecule has 216 valence electrons. The Morgan fingerprint density at radius 2 is 1.93 bits per heavy atom. The predicted molar refractivity (Wildman–Crippen MR) is 160 cm³/mol. The van der Waals surface area contributed by atoms with Crippen LogP contribution in [0.2, 0.25) is 0 Å². The maximum atomic E-state index is 13.6. The molecule has 10 heteroatoms. The van der Waals surface area contributed by atoms with Gasteiger partial charge in [0.2, 0.25) is 0 Å². The summed E-state index contributed by atoms with van der Waals surface area (Å²) in [4.78, 5) is 34.1. The topological polar surface area (TPSA) is 119 Å². The molecule has 0 bridgehead atoms. The van der Waals surface area contributed by atoms with E-state index in [0.717, 1.165) is 51.5 Å². The minimum Gasteiger partial charge on any atom is -0.482 e. The maximum Gasteiger partial charge on any atom is 0.341 e. The smallest absolute Gasteiger partial charge is 0.341 e. The van der Waals surface area contributed by atoms with Crippen LogP contribution in [-0.4, -0.2) is 38.1 Å². The van der Waals surface area contributed by atoms with Crippen molar-refractivity contribution >= 4 is 34.2 Å². The average Bonchev–Trinajstić information content (AvgIpc) is 3.76. The van der Waals surface area contributed by atoms with Gasteiger partial charge in [0.1, 0.15) is 17.8 Å². The number of furan rings is 1. The second-order valence-electron chi connectivity index (χ2n) is 10.7. The Hall–Kier alpha value is -4.44. The summed E-state index contributed by atoms with van der Waals surface area (Å²) in [7, 11) is 0. The first-order chi connectivity index (χ1) is 20.4. The quantitative estimate of drug-likeness (QED) is 0.186. The number of ether oxygens (including phenoxy) is 1. The zero-order valence-corrected chi connectivity index (χ0v) is 24.1. The van der Waals surface area contributed by atoms with E-state index < -0.39 is 12.6 Å². The summed E-state index contributed by atoms with van der Waals surface area (Å²) in [5.41, 5.74) is 5.01. The van der Waals surface area contributed by atoms with Crippen LogP contribution in [0.3, 0.4) is 0 Å². The standard InChI is InChI=1S/C32H32N4O5S/c1-20-33-28(19-42-20)26(15-21-7-10-25(11-8-21)41-18-30(37)38)35-32(39)22-9-12-29-27(16-22)34-31(23-13-14-40-17-23)36(29)24-5-3-2-4-6-24/h7-14,16-17,19,24,26H,2-6,15,18H2,1H3,(H,35,39)(H,37,38)/t26-/m0/s1. The van der Waals surface area contributed by atoms with Crippen molar-refractivity contribution in [1.29, 1.82) is 0 Å². The Bertz CT molecular complexity index is 1680. The van der Waals surface area contributed by atoms with Gasteiger partial charge < -0.3 is 24.1 Å². The number of thiazole rings is 1. The number of aliphatic carboxylic acids is 1. The van der Waals surface area contributed by atoms with E-state index in [2.05, 4.69) is 14.9 Å². The lowest BCUT2D eigenvalue weighted by Crippen LogP contribution is -2.30. The molecule has 3 aromatic heterocycles. The van der Waals surface area contributed by atoms with E-state index in [4.69, 9.17) is 19.2 Å². The molecule has 2 N–H and O–H groups in total. The number of nitrogens with zero attached hydrogens (tertiary/aromatic N) is 3. The molecule has 1 fully saturated rings. The number of carbonyl (C=O) groups is 2. The highest BCUT2D eigenvalue weighted by molar-refractivity contribution is 7.09. The van der Waals surface area contributed by atoms with Crippen LogP contribution in [0.5, 0.6) is 5.75 Å². The van der Waals surface area contributed by atoms with Crippen LogP contribution in [0.1, 0.15) is 70.8 Å². The molecule has 0 radical (unpaired) electrons. The van der Waals surface area contributed by atoms with Gasteiger partial charge in [-0.2, -0.15) is 0 Å². The minimum atomic E-state index is -1.03. The lowest BCUT2D eigenvalue weighted by molar-refractivity contribution is -0.139. The van der Waals surface area contributed by atoms with Gasteiger partial charge in [0.25, 0.3) is 5.91 Å². The third-order valence-corrected chi connectivity index (χ3v) is 8.49. The van der Waals surface area contributed by atoms with Crippen LogP contribution >= 0.6 is 11.3 Å². The van der Waals surface area contributed by atoms with Crippen molar-refractivity contribution in [1.82, 2.24) is 19.9 Å². The first-order valence-corrected chi connectivity index (χ1v) is 15.0. The zero-order valence-electron chi connectivity index (χ0n) is 23.3. The van der Waals surface area contributed by atoms with E-state index in [9.17, 15) is 9.59 Å². The summed E-state index contributed by atoms with van der Waals surface area (Å²) in [6.45, 7) is 1.54. The van der Waals surface area contributed by atoms with Gasteiger partial charge in [-0.1, -0.05) is 31.4 Å². The van der Waals surface area contributed by atoms with Crippen LogP contribution in [0.25, 0.3) is 22.4 Å². The molecule has 1 atom stereocenters.